The highest BCUT2D eigenvalue weighted by molar-refractivity contribution is 6.47. The van der Waals surface area contributed by atoms with Gasteiger partial charge >= 0.3 is 0 Å². The van der Waals surface area contributed by atoms with Crippen LogP contribution in [-0.2, 0) is 11.3 Å². The second-order valence-electron chi connectivity index (χ2n) is 6.63. The number of nitrogens with zero attached hydrogens (tertiary/aromatic N) is 1. The molecule has 1 N–H and O–H groups in total. The number of hydrogen-bond donors (Lipinski definition) is 1. The van der Waals surface area contributed by atoms with E-state index in [0.29, 0.717) is 22.2 Å². The fourth-order valence-electron chi connectivity index (χ4n) is 3.20. The molecule has 1 aliphatic carbocycles. The normalized spacial score (nSPS) is 16.1. The topological polar surface area (TPSA) is 51.1 Å². The molecular formula is C21H20Cl2N2O2. The molecule has 6 heteroatoms. The third-order valence-electron chi connectivity index (χ3n) is 4.67. The van der Waals surface area contributed by atoms with Crippen molar-refractivity contribution in [2.45, 2.75) is 26.8 Å². The molecule has 4 nitrogen and oxygen atoms in total. The van der Waals surface area contributed by atoms with Crippen molar-refractivity contribution in [1.29, 1.82) is 0 Å². The first kappa shape index (κ1) is 19.5. The summed E-state index contributed by atoms with van der Waals surface area (Å²) in [7, 11) is 0. The number of nitrogens with one attached hydrogen (secondary N) is 1. The standard InChI is InChI=1S/C21H20Cl2N2O2/c1-13-10-19(14(2)25(13)12-15-6-8-16(22)9-7-15)20(26)21(27)24-18-5-3-4-17(23)11-18/h3-6,8-11,15H,7,12H2,1-2H3,(H,24,27). The van der Waals surface area contributed by atoms with Crippen molar-refractivity contribution in [3.8, 4) is 0 Å². The number of aromatic nitrogens is 1. The maximum absolute atomic E-state index is 12.7. The maximum atomic E-state index is 12.7. The van der Waals surface area contributed by atoms with Crippen LogP contribution in [0.1, 0.15) is 28.2 Å². The highest BCUT2D eigenvalue weighted by atomic mass is 35.5. The van der Waals surface area contributed by atoms with E-state index < -0.39 is 11.7 Å². The summed E-state index contributed by atoms with van der Waals surface area (Å²) in [6.45, 7) is 4.54. The van der Waals surface area contributed by atoms with Crippen LogP contribution < -0.4 is 5.32 Å². The molecule has 0 fully saturated rings. The van der Waals surface area contributed by atoms with Crippen molar-refractivity contribution < 1.29 is 9.59 Å². The van der Waals surface area contributed by atoms with Crippen molar-refractivity contribution >= 4 is 40.6 Å². The van der Waals surface area contributed by atoms with Crippen molar-refractivity contribution in [1.82, 2.24) is 4.57 Å². The van der Waals surface area contributed by atoms with E-state index >= 15 is 0 Å². The number of rotatable bonds is 5. The Hall–Kier alpha value is -2.30. The number of allylic oxidation sites excluding steroid dienone is 4. The first-order chi connectivity index (χ1) is 12.8. The Kier molecular flexibility index (Phi) is 5.88. The molecule has 1 aromatic heterocycles. The lowest BCUT2D eigenvalue weighted by Crippen LogP contribution is -2.23. The van der Waals surface area contributed by atoms with Gasteiger partial charge in [-0.1, -0.05) is 41.4 Å². The first-order valence-corrected chi connectivity index (χ1v) is 9.42. The number of ketones is 1. The van der Waals surface area contributed by atoms with Crippen LogP contribution >= 0.6 is 23.2 Å². The molecule has 3 rings (SSSR count). The smallest absolute Gasteiger partial charge is 0.296 e. The van der Waals surface area contributed by atoms with Gasteiger partial charge in [0.05, 0.1) is 0 Å². The second kappa shape index (κ2) is 8.15. The van der Waals surface area contributed by atoms with E-state index in [-0.39, 0.29) is 0 Å². The molecular weight excluding hydrogens is 383 g/mol. The lowest BCUT2D eigenvalue weighted by molar-refractivity contribution is -0.112. The minimum Gasteiger partial charge on any atom is -0.348 e. The summed E-state index contributed by atoms with van der Waals surface area (Å²) in [6, 6.07) is 8.48. The second-order valence-corrected chi connectivity index (χ2v) is 7.51. The van der Waals surface area contributed by atoms with Gasteiger partial charge in [0.2, 0.25) is 0 Å². The van der Waals surface area contributed by atoms with E-state index in [1.54, 1.807) is 30.3 Å². The summed E-state index contributed by atoms with van der Waals surface area (Å²) < 4.78 is 2.07. The molecule has 0 saturated heterocycles. The molecule has 27 heavy (non-hydrogen) atoms. The molecule has 1 aromatic carbocycles. The van der Waals surface area contributed by atoms with Gasteiger partial charge in [-0.15, -0.1) is 0 Å². The number of benzene rings is 1. The van der Waals surface area contributed by atoms with E-state index in [0.717, 1.165) is 29.4 Å². The third kappa shape index (κ3) is 4.52. The molecule has 1 atom stereocenters. The number of carbonyl (C=O) groups excluding carboxylic acids is 2. The first-order valence-electron chi connectivity index (χ1n) is 8.67. The predicted octanol–water partition coefficient (Wildman–Crippen LogP) is 5.28. The van der Waals surface area contributed by atoms with Gasteiger partial charge in [0.25, 0.3) is 11.7 Å². The molecule has 0 spiro atoms. The van der Waals surface area contributed by atoms with Crippen molar-refractivity contribution in [3.05, 3.63) is 75.6 Å². The van der Waals surface area contributed by atoms with Crippen LogP contribution in [0.5, 0.6) is 0 Å². The lowest BCUT2D eigenvalue weighted by atomic mass is 10.0. The van der Waals surface area contributed by atoms with Crippen LogP contribution in [-0.4, -0.2) is 16.3 Å². The Labute approximate surface area is 168 Å². The molecule has 1 heterocycles. The minimum atomic E-state index is -0.676. The van der Waals surface area contributed by atoms with Crippen LogP contribution in [0.25, 0.3) is 0 Å². The molecule has 1 unspecified atom stereocenters. The number of Topliss-reactive ketones (excluding diaryl/α,β-unsaturated/α-hetero) is 1. The van der Waals surface area contributed by atoms with Crippen molar-refractivity contribution in [3.63, 3.8) is 0 Å². The maximum Gasteiger partial charge on any atom is 0.296 e. The molecule has 0 saturated carbocycles. The van der Waals surface area contributed by atoms with Gasteiger partial charge in [0.15, 0.2) is 0 Å². The highest BCUT2D eigenvalue weighted by Crippen LogP contribution is 2.24. The van der Waals surface area contributed by atoms with Gasteiger partial charge in [-0.3, -0.25) is 9.59 Å². The molecule has 0 radical (unpaired) electrons. The van der Waals surface area contributed by atoms with Crippen LogP contribution in [0, 0.1) is 19.8 Å². The lowest BCUT2D eigenvalue weighted by Gasteiger charge is -2.18. The van der Waals surface area contributed by atoms with Crippen molar-refractivity contribution in [2.24, 2.45) is 5.92 Å². The summed E-state index contributed by atoms with van der Waals surface area (Å²) in [5.41, 5.74) is 2.64. The predicted molar refractivity (Wildman–Crippen MR) is 110 cm³/mol. The Balaban J connectivity index is 1.75. The van der Waals surface area contributed by atoms with Gasteiger partial charge in [0, 0.05) is 39.2 Å². The molecule has 0 bridgehead atoms. The quantitative estimate of drug-likeness (QED) is 0.546. The zero-order valence-corrected chi connectivity index (χ0v) is 16.6. The monoisotopic (exact) mass is 402 g/mol. The fourth-order valence-corrected chi connectivity index (χ4v) is 3.55. The summed E-state index contributed by atoms with van der Waals surface area (Å²) in [6.07, 6.45) is 6.82. The van der Waals surface area contributed by atoms with E-state index in [9.17, 15) is 9.59 Å². The van der Waals surface area contributed by atoms with Gasteiger partial charge in [-0.2, -0.15) is 0 Å². The zero-order valence-electron chi connectivity index (χ0n) is 15.1. The van der Waals surface area contributed by atoms with Crippen LogP contribution in [0.2, 0.25) is 5.02 Å². The Morgan fingerprint density at radius 3 is 2.67 bits per heavy atom. The van der Waals surface area contributed by atoms with Gasteiger partial charge in [-0.25, -0.2) is 0 Å². The summed E-state index contributed by atoms with van der Waals surface area (Å²) in [4.78, 5) is 25.0. The summed E-state index contributed by atoms with van der Waals surface area (Å²) in [5, 5.41) is 3.85. The van der Waals surface area contributed by atoms with E-state index in [4.69, 9.17) is 23.2 Å². The number of hydrogen-bond acceptors (Lipinski definition) is 2. The number of amides is 1. The van der Waals surface area contributed by atoms with E-state index in [2.05, 4.69) is 16.0 Å². The largest absolute Gasteiger partial charge is 0.348 e. The highest BCUT2D eigenvalue weighted by Gasteiger charge is 2.23. The molecule has 1 amide bonds. The number of aryl methyl sites for hydroxylation is 1. The van der Waals surface area contributed by atoms with Gasteiger partial charge < -0.3 is 9.88 Å². The van der Waals surface area contributed by atoms with Crippen LogP contribution in [0.15, 0.2) is 53.6 Å². The van der Waals surface area contributed by atoms with E-state index in [1.165, 1.54) is 0 Å². The van der Waals surface area contributed by atoms with E-state index in [1.807, 2.05) is 26.0 Å². The van der Waals surface area contributed by atoms with Crippen LogP contribution in [0.3, 0.4) is 0 Å². The minimum absolute atomic E-state index is 0.306. The molecule has 2 aromatic rings. The average Bonchev–Trinajstić information content (AvgIpc) is 2.91. The Morgan fingerprint density at radius 2 is 2.00 bits per heavy atom. The Bertz CT molecular complexity index is 957. The SMILES string of the molecule is Cc1cc(C(=O)C(=O)Nc2cccc(Cl)c2)c(C)n1CC1C=CC(Cl)=CC1. The molecule has 0 aliphatic heterocycles. The number of anilines is 1. The number of carbonyl (C=O) groups is 2. The fraction of sp³-hybridized carbons (Fsp3) is 0.238. The zero-order chi connectivity index (χ0) is 19.6. The van der Waals surface area contributed by atoms with Gasteiger partial charge in [-0.05, 0) is 56.5 Å². The third-order valence-corrected chi connectivity index (χ3v) is 5.18. The van der Waals surface area contributed by atoms with Gasteiger partial charge in [0.1, 0.15) is 0 Å². The average molecular weight is 403 g/mol. The Morgan fingerprint density at radius 1 is 1.22 bits per heavy atom. The number of halogens is 2. The molecule has 1 aliphatic rings. The molecule has 140 valence electrons. The van der Waals surface area contributed by atoms with Crippen LogP contribution in [0.4, 0.5) is 5.69 Å². The van der Waals surface area contributed by atoms with Crippen molar-refractivity contribution in [2.75, 3.05) is 5.32 Å². The summed E-state index contributed by atoms with van der Waals surface area (Å²) >= 11 is 11.9. The summed E-state index contributed by atoms with van der Waals surface area (Å²) in [5.74, 6) is -0.929.